The van der Waals surface area contributed by atoms with Crippen molar-refractivity contribution in [2.75, 3.05) is 19.0 Å². The van der Waals surface area contributed by atoms with Crippen molar-refractivity contribution >= 4 is 23.2 Å². The van der Waals surface area contributed by atoms with Crippen molar-refractivity contribution in [3.8, 4) is 6.07 Å². The summed E-state index contributed by atoms with van der Waals surface area (Å²) >= 11 is 6.36. The Morgan fingerprint density at radius 2 is 1.67 bits per heavy atom. The first-order valence-electron chi connectivity index (χ1n) is 10.0. The van der Waals surface area contributed by atoms with E-state index < -0.39 is 23.3 Å². The van der Waals surface area contributed by atoms with Gasteiger partial charge in [0, 0.05) is 31.4 Å². The maximum atomic E-state index is 13.7. The summed E-state index contributed by atoms with van der Waals surface area (Å²) in [5, 5.41) is 9.62. The normalized spacial score (nSPS) is 12.0. The number of nitrogens with zero attached hydrogens (tertiary/aromatic N) is 3. The molecule has 3 aromatic carbocycles. The van der Waals surface area contributed by atoms with Gasteiger partial charge < -0.3 is 9.80 Å². The van der Waals surface area contributed by atoms with Crippen molar-refractivity contribution in [1.29, 1.82) is 5.26 Å². The molecule has 8 heteroatoms. The van der Waals surface area contributed by atoms with Crippen molar-refractivity contribution in [2.24, 2.45) is 0 Å². The number of nitriles is 1. The third-order valence-electron chi connectivity index (χ3n) is 5.16. The monoisotopic (exact) mass is 471 g/mol. The van der Waals surface area contributed by atoms with E-state index in [2.05, 4.69) is 0 Å². The predicted molar refractivity (Wildman–Crippen MR) is 122 cm³/mol. The largest absolute Gasteiger partial charge is 0.417 e. The van der Waals surface area contributed by atoms with Gasteiger partial charge >= 0.3 is 6.18 Å². The highest BCUT2D eigenvalue weighted by atomic mass is 35.5. The van der Waals surface area contributed by atoms with Gasteiger partial charge in [0.15, 0.2) is 0 Å². The highest BCUT2D eigenvalue weighted by Crippen LogP contribution is 2.38. The average Bonchev–Trinajstić information content (AvgIpc) is 2.79. The van der Waals surface area contributed by atoms with Crippen LogP contribution < -0.4 is 4.90 Å². The van der Waals surface area contributed by atoms with Gasteiger partial charge in [-0.2, -0.15) is 18.4 Å². The van der Waals surface area contributed by atoms with Crippen LogP contribution >= 0.6 is 11.6 Å². The molecule has 0 aromatic heterocycles. The van der Waals surface area contributed by atoms with Crippen molar-refractivity contribution in [2.45, 2.75) is 18.8 Å². The van der Waals surface area contributed by atoms with Gasteiger partial charge in [0.1, 0.15) is 6.04 Å². The standard InChI is InChI=1S/C25H21ClF3N3O/c1-31(2)24(33)23(17-8-4-3-5-9-17)32(16-19-10-6-7-11-22(19)26)20-13-12-18(15-30)21(14-20)25(27,28)29/h3-14,23H,16H2,1-2H3/t23-/m0/s1. The molecule has 0 heterocycles. The van der Waals surface area contributed by atoms with Gasteiger partial charge in [-0.05, 0) is 35.4 Å². The van der Waals surface area contributed by atoms with Crippen LogP contribution in [0.3, 0.4) is 0 Å². The van der Waals surface area contributed by atoms with E-state index in [-0.39, 0.29) is 18.1 Å². The van der Waals surface area contributed by atoms with Gasteiger partial charge in [0.25, 0.3) is 0 Å². The Morgan fingerprint density at radius 1 is 1.03 bits per heavy atom. The van der Waals surface area contributed by atoms with E-state index in [1.807, 2.05) is 0 Å². The number of benzene rings is 3. The molecule has 33 heavy (non-hydrogen) atoms. The van der Waals surface area contributed by atoms with Crippen LogP contribution in [0.5, 0.6) is 0 Å². The fourth-order valence-electron chi connectivity index (χ4n) is 3.52. The van der Waals surface area contributed by atoms with E-state index in [1.165, 1.54) is 11.0 Å². The number of likely N-dealkylation sites (N-methyl/N-ethyl adjacent to an activating group) is 1. The van der Waals surface area contributed by atoms with Crippen LogP contribution in [0, 0.1) is 11.3 Å². The first-order valence-corrected chi connectivity index (χ1v) is 10.4. The summed E-state index contributed by atoms with van der Waals surface area (Å²) in [5.41, 5.74) is -0.147. The fourth-order valence-corrected chi connectivity index (χ4v) is 3.72. The van der Waals surface area contributed by atoms with E-state index in [4.69, 9.17) is 11.6 Å². The molecule has 0 aliphatic carbocycles. The smallest absolute Gasteiger partial charge is 0.351 e. The minimum atomic E-state index is -4.73. The van der Waals surface area contributed by atoms with Gasteiger partial charge in [-0.15, -0.1) is 0 Å². The van der Waals surface area contributed by atoms with Crippen LogP contribution in [0.25, 0.3) is 0 Å². The quantitative estimate of drug-likeness (QED) is 0.438. The zero-order chi connectivity index (χ0) is 24.2. The summed E-state index contributed by atoms with van der Waals surface area (Å²) in [6.07, 6.45) is -4.73. The molecule has 0 N–H and O–H groups in total. The van der Waals surface area contributed by atoms with Crippen LogP contribution in [-0.2, 0) is 17.5 Å². The molecule has 1 amide bonds. The first kappa shape index (κ1) is 24.1. The summed E-state index contributed by atoms with van der Waals surface area (Å²) in [5.74, 6) is -0.314. The van der Waals surface area contributed by atoms with Gasteiger partial charge in [-0.1, -0.05) is 60.1 Å². The number of halogens is 4. The van der Waals surface area contributed by atoms with Crippen molar-refractivity contribution in [3.63, 3.8) is 0 Å². The Labute approximate surface area is 195 Å². The van der Waals surface area contributed by atoms with Crippen molar-refractivity contribution < 1.29 is 18.0 Å². The minimum Gasteiger partial charge on any atom is -0.351 e. The molecule has 4 nitrogen and oxygen atoms in total. The summed E-state index contributed by atoms with van der Waals surface area (Å²) in [7, 11) is 3.18. The first-order chi connectivity index (χ1) is 15.6. The second-order valence-electron chi connectivity index (χ2n) is 7.60. The van der Waals surface area contributed by atoms with E-state index in [0.717, 1.165) is 12.1 Å². The zero-order valence-electron chi connectivity index (χ0n) is 18.0. The fraction of sp³-hybridized carbons (Fsp3) is 0.200. The highest BCUT2D eigenvalue weighted by Gasteiger charge is 2.36. The van der Waals surface area contributed by atoms with E-state index >= 15 is 0 Å². The Morgan fingerprint density at radius 3 is 2.24 bits per heavy atom. The Balaban J connectivity index is 2.24. The third-order valence-corrected chi connectivity index (χ3v) is 5.53. The highest BCUT2D eigenvalue weighted by molar-refractivity contribution is 6.31. The molecule has 0 radical (unpaired) electrons. The molecule has 0 saturated heterocycles. The van der Waals surface area contributed by atoms with Crippen molar-refractivity contribution in [3.05, 3.63) is 100 Å². The van der Waals surface area contributed by atoms with Crippen LogP contribution in [0.2, 0.25) is 5.02 Å². The molecular weight excluding hydrogens is 451 g/mol. The minimum absolute atomic E-state index is 0.0714. The molecular formula is C25H21ClF3N3O. The maximum Gasteiger partial charge on any atom is 0.417 e. The molecule has 1 atom stereocenters. The Bertz CT molecular complexity index is 1170. The van der Waals surface area contributed by atoms with Crippen LogP contribution in [0.4, 0.5) is 18.9 Å². The second-order valence-corrected chi connectivity index (χ2v) is 8.01. The van der Waals surface area contributed by atoms with Crippen LogP contribution in [0.1, 0.15) is 28.3 Å². The Kier molecular flexibility index (Phi) is 7.29. The molecule has 170 valence electrons. The number of rotatable bonds is 6. The summed E-state index contributed by atoms with van der Waals surface area (Å²) < 4.78 is 41.1. The predicted octanol–water partition coefficient (Wildman–Crippen LogP) is 6.07. The van der Waals surface area contributed by atoms with Gasteiger partial charge in [0.05, 0.1) is 17.2 Å². The molecule has 3 rings (SSSR count). The molecule has 0 unspecified atom stereocenters. The summed E-state index contributed by atoms with van der Waals surface area (Å²) in [6.45, 7) is 0.0714. The third kappa shape index (κ3) is 5.47. The lowest BCUT2D eigenvalue weighted by molar-refractivity contribution is -0.137. The van der Waals surface area contributed by atoms with Crippen LogP contribution in [0.15, 0.2) is 72.8 Å². The lowest BCUT2D eigenvalue weighted by Crippen LogP contribution is -2.40. The van der Waals surface area contributed by atoms with Gasteiger partial charge in [0.2, 0.25) is 5.91 Å². The maximum absolute atomic E-state index is 13.7. The topological polar surface area (TPSA) is 47.3 Å². The van der Waals surface area contributed by atoms with E-state index in [9.17, 15) is 23.2 Å². The number of carbonyl (C=O) groups is 1. The number of hydrogen-bond acceptors (Lipinski definition) is 3. The number of anilines is 1. The number of alkyl halides is 3. The Hall–Kier alpha value is -3.50. The molecule has 0 spiro atoms. The molecule has 0 aliphatic rings. The lowest BCUT2D eigenvalue weighted by Gasteiger charge is -2.35. The van der Waals surface area contributed by atoms with Gasteiger partial charge in [-0.25, -0.2) is 0 Å². The van der Waals surface area contributed by atoms with E-state index in [0.29, 0.717) is 16.1 Å². The molecule has 0 bridgehead atoms. The average molecular weight is 472 g/mol. The number of carbonyl (C=O) groups excluding carboxylic acids is 1. The van der Waals surface area contributed by atoms with Crippen molar-refractivity contribution in [1.82, 2.24) is 4.90 Å². The van der Waals surface area contributed by atoms with E-state index in [1.54, 1.807) is 79.7 Å². The molecule has 0 aliphatic heterocycles. The summed E-state index contributed by atoms with van der Waals surface area (Å²) in [6, 6.07) is 19.9. The second kappa shape index (κ2) is 9.97. The summed E-state index contributed by atoms with van der Waals surface area (Å²) in [4.78, 5) is 16.3. The molecule has 3 aromatic rings. The van der Waals surface area contributed by atoms with Gasteiger partial charge in [-0.3, -0.25) is 4.79 Å². The van der Waals surface area contributed by atoms with Crippen LogP contribution in [-0.4, -0.2) is 24.9 Å². The lowest BCUT2D eigenvalue weighted by atomic mass is 10.00. The number of amides is 1. The zero-order valence-corrected chi connectivity index (χ0v) is 18.7. The number of hydrogen-bond donors (Lipinski definition) is 0. The SMILES string of the molecule is CN(C)C(=O)[C@H](c1ccccc1)N(Cc1ccccc1Cl)c1ccc(C#N)c(C(F)(F)F)c1. The molecule has 0 fully saturated rings. The molecule has 0 saturated carbocycles.